The first-order valence-electron chi connectivity index (χ1n) is 5.63. The van der Waals surface area contributed by atoms with Crippen molar-refractivity contribution in [3.63, 3.8) is 0 Å². The quantitative estimate of drug-likeness (QED) is 0.618. The molecule has 0 saturated heterocycles. The number of halogens is 3. The van der Waals surface area contributed by atoms with Crippen LogP contribution in [-0.4, -0.2) is 41.9 Å². The lowest BCUT2D eigenvalue weighted by Crippen LogP contribution is -2.46. The lowest BCUT2D eigenvalue weighted by Gasteiger charge is -2.19. The van der Waals surface area contributed by atoms with E-state index in [0.29, 0.717) is 12.1 Å². The highest BCUT2D eigenvalue weighted by atomic mass is 32.2. The van der Waals surface area contributed by atoms with Gasteiger partial charge in [-0.25, -0.2) is 17.9 Å². The third-order valence-corrected chi connectivity index (χ3v) is 4.07. The number of alkyl halides is 3. The fourth-order valence-electron chi connectivity index (χ4n) is 1.29. The van der Waals surface area contributed by atoms with Crippen molar-refractivity contribution in [3.8, 4) is 5.75 Å². The third-order valence-electron chi connectivity index (χ3n) is 2.64. The van der Waals surface area contributed by atoms with Gasteiger partial charge in [0.1, 0.15) is 10.6 Å². The summed E-state index contributed by atoms with van der Waals surface area (Å²) in [5.41, 5.74) is -3.78. The molecule has 1 aromatic carbocycles. The highest BCUT2D eigenvalue weighted by molar-refractivity contribution is 7.89. The fraction of sp³-hybridized carbons (Fsp3) is 0.364. The number of aromatic hydroxyl groups is 1. The summed E-state index contributed by atoms with van der Waals surface area (Å²) in [7, 11) is -4.66. The molecule has 124 valence electrons. The molecule has 0 aliphatic carbocycles. The molecule has 0 aliphatic rings. The van der Waals surface area contributed by atoms with Crippen molar-refractivity contribution in [3.05, 3.63) is 23.8 Å². The Hall–Kier alpha value is -1.85. The molecule has 0 heterocycles. The molecule has 0 spiro atoms. The maximum atomic E-state index is 12.6. The first-order chi connectivity index (χ1) is 9.77. The van der Waals surface area contributed by atoms with Crippen LogP contribution in [0.5, 0.6) is 5.75 Å². The van der Waals surface area contributed by atoms with Gasteiger partial charge in [-0.2, -0.15) is 13.2 Å². The zero-order valence-corrected chi connectivity index (χ0v) is 11.9. The maximum absolute atomic E-state index is 12.6. The van der Waals surface area contributed by atoms with E-state index in [1.54, 1.807) is 4.72 Å². The number of aliphatic hydroxyl groups is 1. The number of carbonyl (C=O) groups is 1. The zero-order valence-electron chi connectivity index (χ0n) is 11.0. The molecule has 0 fully saturated rings. The van der Waals surface area contributed by atoms with Crippen LogP contribution >= 0.6 is 0 Å². The number of sulfonamides is 1. The number of carboxylic acids is 1. The third kappa shape index (κ3) is 4.08. The molecule has 0 amide bonds. The largest absolute Gasteiger partial charge is 0.507 e. The number of phenolic OH excluding ortho intramolecular Hbond substituents is 1. The molecule has 1 atom stereocenters. The average Bonchev–Trinajstić information content (AvgIpc) is 2.35. The van der Waals surface area contributed by atoms with Crippen LogP contribution in [0.3, 0.4) is 0 Å². The van der Waals surface area contributed by atoms with Gasteiger partial charge in [-0.1, -0.05) is 0 Å². The Kier molecular flexibility index (Phi) is 4.75. The molecule has 0 saturated carbocycles. The van der Waals surface area contributed by atoms with Crippen LogP contribution in [0.2, 0.25) is 0 Å². The van der Waals surface area contributed by atoms with Gasteiger partial charge in [-0.3, -0.25) is 0 Å². The number of nitrogens with one attached hydrogen (secondary N) is 1. The highest BCUT2D eigenvalue weighted by Gasteiger charge is 2.35. The van der Waals surface area contributed by atoms with Gasteiger partial charge in [0.05, 0.1) is 12.1 Å². The van der Waals surface area contributed by atoms with Crippen LogP contribution in [0.15, 0.2) is 23.1 Å². The van der Waals surface area contributed by atoms with Crippen LogP contribution in [0.25, 0.3) is 0 Å². The molecular weight excluding hydrogens is 331 g/mol. The van der Waals surface area contributed by atoms with Gasteiger partial charge in [0.15, 0.2) is 5.60 Å². The molecule has 0 aromatic heterocycles. The van der Waals surface area contributed by atoms with E-state index in [1.807, 2.05) is 0 Å². The van der Waals surface area contributed by atoms with Gasteiger partial charge in [-0.15, -0.1) is 0 Å². The fourth-order valence-corrected chi connectivity index (χ4v) is 2.55. The Labute approximate surface area is 123 Å². The van der Waals surface area contributed by atoms with Crippen molar-refractivity contribution in [2.45, 2.75) is 23.6 Å². The minimum absolute atomic E-state index is 0.202. The molecule has 1 unspecified atom stereocenters. The van der Waals surface area contributed by atoms with E-state index < -0.39 is 50.5 Å². The van der Waals surface area contributed by atoms with Crippen molar-refractivity contribution in [2.24, 2.45) is 0 Å². The van der Waals surface area contributed by atoms with Crippen molar-refractivity contribution < 1.29 is 41.7 Å². The second-order valence-electron chi connectivity index (χ2n) is 4.58. The van der Waals surface area contributed by atoms with Gasteiger partial charge in [0, 0.05) is 0 Å². The lowest BCUT2D eigenvalue weighted by atomic mass is 10.1. The van der Waals surface area contributed by atoms with Crippen LogP contribution in [0.1, 0.15) is 12.5 Å². The number of benzene rings is 1. The number of rotatable bonds is 5. The smallest absolute Gasteiger partial charge is 0.416 e. The van der Waals surface area contributed by atoms with E-state index >= 15 is 0 Å². The maximum Gasteiger partial charge on any atom is 0.416 e. The van der Waals surface area contributed by atoms with Gasteiger partial charge in [-0.05, 0) is 25.1 Å². The molecule has 0 aliphatic heterocycles. The number of carboxylic acid groups (broad SMARTS) is 1. The number of aliphatic carboxylic acids is 1. The number of hydrogen-bond acceptors (Lipinski definition) is 5. The zero-order chi connectivity index (χ0) is 17.3. The summed E-state index contributed by atoms with van der Waals surface area (Å²) in [5.74, 6) is -2.68. The van der Waals surface area contributed by atoms with Crippen molar-refractivity contribution >= 4 is 16.0 Å². The van der Waals surface area contributed by atoms with E-state index in [9.17, 15) is 36.6 Å². The molecule has 7 nitrogen and oxygen atoms in total. The van der Waals surface area contributed by atoms with E-state index in [1.165, 1.54) is 0 Å². The summed E-state index contributed by atoms with van der Waals surface area (Å²) in [6, 6.07) is 1.24. The summed E-state index contributed by atoms with van der Waals surface area (Å²) in [6.07, 6.45) is -4.83. The first-order valence-corrected chi connectivity index (χ1v) is 7.11. The number of hydrogen-bond donors (Lipinski definition) is 4. The van der Waals surface area contributed by atoms with Gasteiger partial charge >= 0.3 is 12.1 Å². The monoisotopic (exact) mass is 343 g/mol. The van der Waals surface area contributed by atoms with Crippen molar-refractivity contribution in [1.29, 1.82) is 0 Å². The predicted molar refractivity (Wildman–Crippen MR) is 66.6 cm³/mol. The average molecular weight is 343 g/mol. The second-order valence-corrected chi connectivity index (χ2v) is 6.32. The van der Waals surface area contributed by atoms with E-state index in [4.69, 9.17) is 5.11 Å². The normalized spacial score (nSPS) is 15.3. The molecule has 1 rings (SSSR count). The lowest BCUT2D eigenvalue weighted by molar-refractivity contribution is -0.155. The second kappa shape index (κ2) is 5.74. The Morgan fingerprint density at radius 3 is 2.32 bits per heavy atom. The van der Waals surface area contributed by atoms with E-state index in [2.05, 4.69) is 0 Å². The van der Waals surface area contributed by atoms with Crippen molar-refractivity contribution in [1.82, 2.24) is 4.72 Å². The van der Waals surface area contributed by atoms with Gasteiger partial charge in [0.2, 0.25) is 10.0 Å². The Morgan fingerprint density at radius 2 is 1.86 bits per heavy atom. The molecule has 1 aromatic rings. The predicted octanol–water partition coefficient (Wildman–Crippen LogP) is 0.525. The highest BCUT2D eigenvalue weighted by Crippen LogP contribution is 2.33. The molecule has 4 N–H and O–H groups in total. The summed E-state index contributed by atoms with van der Waals surface area (Å²) in [5, 5.41) is 27.4. The molecule has 11 heteroatoms. The van der Waals surface area contributed by atoms with Crippen LogP contribution in [0, 0.1) is 0 Å². The van der Waals surface area contributed by atoms with Crippen LogP contribution < -0.4 is 4.72 Å². The van der Waals surface area contributed by atoms with Crippen LogP contribution in [0.4, 0.5) is 13.2 Å². The Bertz CT molecular complexity index is 684. The summed E-state index contributed by atoms with van der Waals surface area (Å²) in [4.78, 5) is 9.56. The Balaban J connectivity index is 3.16. The SMILES string of the molecule is CC(O)(CNS(=O)(=O)c1cc(C(F)(F)F)ccc1O)C(=O)O. The summed E-state index contributed by atoms with van der Waals surface area (Å²) < 4.78 is 63.0. The molecule has 22 heavy (non-hydrogen) atoms. The summed E-state index contributed by atoms with van der Waals surface area (Å²) >= 11 is 0. The Morgan fingerprint density at radius 1 is 1.32 bits per heavy atom. The van der Waals surface area contributed by atoms with E-state index in [0.717, 1.165) is 6.92 Å². The topological polar surface area (TPSA) is 124 Å². The van der Waals surface area contributed by atoms with Crippen molar-refractivity contribution in [2.75, 3.05) is 6.54 Å². The molecular formula is C11H12F3NO6S. The minimum Gasteiger partial charge on any atom is -0.507 e. The number of phenols is 1. The van der Waals surface area contributed by atoms with Gasteiger partial charge in [0.25, 0.3) is 0 Å². The van der Waals surface area contributed by atoms with Gasteiger partial charge < -0.3 is 15.3 Å². The minimum atomic E-state index is -4.83. The summed E-state index contributed by atoms with van der Waals surface area (Å²) in [6.45, 7) is -0.204. The standard InChI is InChI=1S/C11H12F3NO6S/c1-10(19,9(17)18)5-15-22(20,21)8-4-6(11(12,13)14)2-3-7(8)16/h2-4,15-16,19H,5H2,1H3,(H,17,18). The van der Waals surface area contributed by atoms with Crippen LogP contribution in [-0.2, 0) is 21.0 Å². The first kappa shape index (κ1) is 18.2. The molecule has 0 radical (unpaired) electrons. The van der Waals surface area contributed by atoms with E-state index in [-0.39, 0.29) is 6.07 Å². The molecule has 0 bridgehead atoms.